The Hall–Kier alpha value is -2.22. The molecule has 2 fully saturated rings. The van der Waals surface area contributed by atoms with Crippen LogP contribution in [0.3, 0.4) is 0 Å². The van der Waals surface area contributed by atoms with Crippen LogP contribution in [0.1, 0.15) is 49.7 Å². The molecule has 2 aromatic carbocycles. The lowest BCUT2D eigenvalue weighted by atomic mass is 10.0. The summed E-state index contributed by atoms with van der Waals surface area (Å²) in [5.74, 6) is 0.940. The van der Waals surface area contributed by atoms with Gasteiger partial charge < -0.3 is 24.3 Å². The molecular formula is C28H37F2NO4. The Labute approximate surface area is 207 Å². The molecule has 0 spiro atoms. The zero-order valence-electron chi connectivity index (χ0n) is 20.7. The Balaban J connectivity index is 1.10. The molecule has 0 amide bonds. The van der Waals surface area contributed by atoms with Crippen molar-refractivity contribution < 1.29 is 27.7 Å². The molecule has 1 N–H and O–H groups in total. The minimum atomic E-state index is -0.245. The topological polar surface area (TPSA) is 49.0 Å². The second-order valence-electron chi connectivity index (χ2n) is 9.56. The quantitative estimate of drug-likeness (QED) is 0.414. The van der Waals surface area contributed by atoms with Gasteiger partial charge in [-0.05, 0) is 99.1 Å². The lowest BCUT2D eigenvalue weighted by Gasteiger charge is -2.17. The average molecular weight is 490 g/mol. The van der Waals surface area contributed by atoms with Crippen molar-refractivity contribution in [1.82, 2.24) is 5.32 Å². The van der Waals surface area contributed by atoms with E-state index in [1.54, 1.807) is 38.5 Å². The normalized spacial score (nSPS) is 24.1. The van der Waals surface area contributed by atoms with Gasteiger partial charge in [0.2, 0.25) is 0 Å². The van der Waals surface area contributed by atoms with Gasteiger partial charge in [-0.2, -0.15) is 0 Å². The minimum absolute atomic E-state index is 0.108. The monoisotopic (exact) mass is 489 g/mol. The predicted molar refractivity (Wildman–Crippen MR) is 131 cm³/mol. The highest BCUT2D eigenvalue weighted by atomic mass is 19.1. The van der Waals surface area contributed by atoms with Crippen LogP contribution in [0.15, 0.2) is 36.4 Å². The maximum absolute atomic E-state index is 13.6. The number of halogens is 2. The molecule has 2 aromatic rings. The van der Waals surface area contributed by atoms with Crippen LogP contribution in [0.25, 0.3) is 0 Å². The third kappa shape index (κ3) is 7.38. The van der Waals surface area contributed by atoms with Crippen LogP contribution in [0.2, 0.25) is 0 Å². The molecule has 5 nitrogen and oxygen atoms in total. The summed E-state index contributed by atoms with van der Waals surface area (Å²) in [6, 6.07) is 9.28. The van der Waals surface area contributed by atoms with Gasteiger partial charge in [0.1, 0.15) is 23.1 Å². The third-order valence-electron chi connectivity index (χ3n) is 7.06. The highest BCUT2D eigenvalue weighted by molar-refractivity contribution is 5.35. The lowest BCUT2D eigenvalue weighted by Crippen LogP contribution is -2.25. The fraction of sp³-hybridized carbons (Fsp3) is 0.571. The van der Waals surface area contributed by atoms with Gasteiger partial charge in [-0.25, -0.2) is 8.78 Å². The van der Waals surface area contributed by atoms with E-state index in [-0.39, 0.29) is 36.1 Å². The van der Waals surface area contributed by atoms with Crippen LogP contribution in [0, 0.1) is 11.6 Å². The average Bonchev–Trinajstić information content (AvgIpc) is 3.48. The number of ether oxygens (including phenoxy) is 4. The summed E-state index contributed by atoms with van der Waals surface area (Å²) >= 11 is 0. The van der Waals surface area contributed by atoms with Gasteiger partial charge in [0, 0.05) is 12.8 Å². The van der Waals surface area contributed by atoms with Crippen LogP contribution in [0.5, 0.6) is 11.5 Å². The predicted octanol–water partition coefficient (Wildman–Crippen LogP) is 5.23. The molecule has 0 radical (unpaired) electrons. The smallest absolute Gasteiger partial charge is 0.123 e. The SMILES string of the molecule is COc1ccc(F)cc1C[C@H]1CC[C@@H](CCNCC[C@H]2CC[C@@H](Cc3cc(F)ccc3OC)O2)O1. The molecule has 0 aromatic heterocycles. The van der Waals surface area contributed by atoms with E-state index in [1.807, 2.05) is 0 Å². The first-order valence-electron chi connectivity index (χ1n) is 12.7. The summed E-state index contributed by atoms with van der Waals surface area (Å²) in [6.45, 7) is 1.80. The van der Waals surface area contributed by atoms with Crippen LogP contribution in [0.4, 0.5) is 8.78 Å². The van der Waals surface area contributed by atoms with Gasteiger partial charge in [0.05, 0.1) is 38.6 Å². The van der Waals surface area contributed by atoms with E-state index >= 15 is 0 Å². The molecule has 0 saturated carbocycles. The molecule has 192 valence electrons. The molecule has 0 bridgehead atoms. The number of hydrogen-bond donors (Lipinski definition) is 1. The summed E-state index contributed by atoms with van der Waals surface area (Å²) in [5.41, 5.74) is 1.73. The van der Waals surface area contributed by atoms with Crippen molar-refractivity contribution in [3.05, 3.63) is 59.2 Å². The molecule has 2 aliphatic rings. The lowest BCUT2D eigenvalue weighted by molar-refractivity contribution is 0.0374. The molecular weight excluding hydrogens is 452 g/mol. The highest BCUT2D eigenvalue weighted by Crippen LogP contribution is 2.30. The Morgan fingerprint density at radius 1 is 0.714 bits per heavy atom. The first-order chi connectivity index (χ1) is 17.0. The largest absolute Gasteiger partial charge is 0.496 e. The van der Waals surface area contributed by atoms with Crippen molar-refractivity contribution in [2.45, 2.75) is 75.8 Å². The molecule has 2 heterocycles. The zero-order chi connectivity index (χ0) is 24.6. The number of methoxy groups -OCH3 is 2. The van der Waals surface area contributed by atoms with E-state index in [9.17, 15) is 8.78 Å². The molecule has 35 heavy (non-hydrogen) atoms. The second-order valence-corrected chi connectivity index (χ2v) is 9.56. The number of benzene rings is 2. The fourth-order valence-corrected chi connectivity index (χ4v) is 5.24. The second kappa shape index (κ2) is 12.7. The van der Waals surface area contributed by atoms with Crippen molar-refractivity contribution in [1.29, 1.82) is 0 Å². The summed E-state index contributed by atoms with van der Waals surface area (Å²) < 4.78 is 50.4. The van der Waals surface area contributed by atoms with Gasteiger partial charge in [0.25, 0.3) is 0 Å². The maximum Gasteiger partial charge on any atom is 0.123 e. The van der Waals surface area contributed by atoms with Crippen molar-refractivity contribution in [2.24, 2.45) is 0 Å². The molecule has 4 rings (SSSR count). The van der Waals surface area contributed by atoms with E-state index in [1.165, 1.54) is 12.1 Å². The first kappa shape index (κ1) is 25.9. The number of nitrogens with one attached hydrogen (secondary N) is 1. The fourth-order valence-electron chi connectivity index (χ4n) is 5.24. The van der Waals surface area contributed by atoms with Gasteiger partial charge in [-0.15, -0.1) is 0 Å². The van der Waals surface area contributed by atoms with Crippen molar-refractivity contribution >= 4 is 0 Å². The van der Waals surface area contributed by atoms with Gasteiger partial charge >= 0.3 is 0 Å². The van der Waals surface area contributed by atoms with Crippen LogP contribution >= 0.6 is 0 Å². The minimum Gasteiger partial charge on any atom is -0.496 e. The van der Waals surface area contributed by atoms with E-state index in [4.69, 9.17) is 18.9 Å². The first-order valence-corrected chi connectivity index (χ1v) is 12.7. The van der Waals surface area contributed by atoms with E-state index in [0.717, 1.165) is 62.7 Å². The van der Waals surface area contributed by atoms with E-state index in [0.29, 0.717) is 24.3 Å². The van der Waals surface area contributed by atoms with Crippen LogP contribution in [-0.4, -0.2) is 51.7 Å². The van der Waals surface area contributed by atoms with Crippen molar-refractivity contribution in [3.8, 4) is 11.5 Å². The Morgan fingerprint density at radius 2 is 1.14 bits per heavy atom. The van der Waals surface area contributed by atoms with Gasteiger partial charge in [-0.3, -0.25) is 0 Å². The van der Waals surface area contributed by atoms with Gasteiger partial charge in [-0.1, -0.05) is 0 Å². The van der Waals surface area contributed by atoms with Crippen LogP contribution in [-0.2, 0) is 22.3 Å². The number of rotatable bonds is 12. The summed E-state index contributed by atoms with van der Waals surface area (Å²) in [6.07, 6.45) is 7.98. The Kier molecular flexibility index (Phi) is 9.35. The maximum atomic E-state index is 13.6. The third-order valence-corrected chi connectivity index (χ3v) is 7.06. The van der Waals surface area contributed by atoms with E-state index in [2.05, 4.69) is 5.32 Å². The van der Waals surface area contributed by atoms with Crippen molar-refractivity contribution in [2.75, 3.05) is 27.3 Å². The molecule has 4 atom stereocenters. The molecule has 0 aliphatic carbocycles. The van der Waals surface area contributed by atoms with Crippen LogP contribution < -0.4 is 14.8 Å². The standard InChI is InChI=1S/C28H37F2NO4/c1-32-27-9-3-21(29)15-19(27)17-25-7-5-23(34-25)11-13-31-14-12-24-6-8-26(35-24)18-20-16-22(30)4-10-28(20)33-2/h3-4,9-10,15-16,23-26,31H,5-8,11-14,17-18H2,1-2H3/t23-,24+,25+,26-. The molecule has 2 aliphatic heterocycles. The van der Waals surface area contributed by atoms with Crippen molar-refractivity contribution in [3.63, 3.8) is 0 Å². The summed E-state index contributed by atoms with van der Waals surface area (Å²) in [7, 11) is 3.22. The zero-order valence-corrected chi connectivity index (χ0v) is 20.7. The molecule has 7 heteroatoms. The van der Waals surface area contributed by atoms with Gasteiger partial charge in [0.15, 0.2) is 0 Å². The highest BCUT2D eigenvalue weighted by Gasteiger charge is 2.27. The molecule has 0 unspecified atom stereocenters. The Morgan fingerprint density at radius 3 is 1.57 bits per heavy atom. The Bertz CT molecular complexity index is 881. The summed E-state index contributed by atoms with van der Waals surface area (Å²) in [5, 5.41) is 3.52. The summed E-state index contributed by atoms with van der Waals surface area (Å²) in [4.78, 5) is 0. The molecule has 2 saturated heterocycles. The van der Waals surface area contributed by atoms with E-state index < -0.39 is 0 Å². The number of hydrogen-bond acceptors (Lipinski definition) is 5.